The molecule has 1 heterocycles. The Balaban J connectivity index is 2.74. The number of aromatic nitrogens is 1. The van der Waals surface area contributed by atoms with E-state index >= 15 is 0 Å². The van der Waals surface area contributed by atoms with Crippen molar-refractivity contribution in [3.63, 3.8) is 0 Å². The summed E-state index contributed by atoms with van der Waals surface area (Å²) in [6.45, 7) is 6.94. The van der Waals surface area contributed by atoms with Crippen LogP contribution in [-0.4, -0.2) is 31.8 Å². The summed E-state index contributed by atoms with van der Waals surface area (Å²) in [5.41, 5.74) is 7.49. The van der Waals surface area contributed by atoms with Crippen molar-refractivity contribution in [2.45, 2.75) is 13.8 Å². The Morgan fingerprint density at radius 2 is 2.19 bits per heavy atom. The number of hydrogen-bond acceptors (Lipinski definition) is 4. The van der Waals surface area contributed by atoms with Gasteiger partial charge in [-0.05, 0) is 12.0 Å². The van der Waals surface area contributed by atoms with E-state index in [4.69, 9.17) is 10.5 Å². The van der Waals surface area contributed by atoms with Gasteiger partial charge in [-0.2, -0.15) is 0 Å². The average molecular weight is 223 g/mol. The number of hydrogen-bond donors (Lipinski definition) is 1. The van der Waals surface area contributed by atoms with Gasteiger partial charge in [-0.1, -0.05) is 13.8 Å². The number of methoxy groups -OCH3 is 1. The molecule has 0 saturated heterocycles. The zero-order valence-corrected chi connectivity index (χ0v) is 10.3. The first-order valence-corrected chi connectivity index (χ1v) is 5.58. The van der Waals surface area contributed by atoms with Crippen molar-refractivity contribution < 1.29 is 4.74 Å². The smallest absolute Gasteiger partial charge is 0.0637 e. The fraction of sp³-hybridized carbons (Fsp3) is 0.583. The van der Waals surface area contributed by atoms with Crippen LogP contribution in [0.5, 0.6) is 0 Å². The van der Waals surface area contributed by atoms with E-state index in [0.29, 0.717) is 18.2 Å². The highest BCUT2D eigenvalue weighted by Gasteiger charge is 2.08. The van der Waals surface area contributed by atoms with Gasteiger partial charge >= 0.3 is 0 Å². The largest absolute Gasteiger partial charge is 0.397 e. The van der Waals surface area contributed by atoms with Crippen molar-refractivity contribution in [1.82, 2.24) is 4.98 Å². The number of rotatable bonds is 6. The monoisotopic (exact) mass is 223 g/mol. The van der Waals surface area contributed by atoms with Crippen LogP contribution in [0.1, 0.15) is 13.8 Å². The van der Waals surface area contributed by atoms with E-state index in [1.165, 1.54) is 0 Å². The zero-order valence-electron chi connectivity index (χ0n) is 10.3. The number of nitrogen functional groups attached to an aromatic ring is 1. The first-order valence-electron chi connectivity index (χ1n) is 5.58. The van der Waals surface area contributed by atoms with E-state index in [1.807, 2.05) is 12.3 Å². The van der Waals surface area contributed by atoms with Gasteiger partial charge in [0.15, 0.2) is 0 Å². The molecular weight excluding hydrogens is 202 g/mol. The molecule has 16 heavy (non-hydrogen) atoms. The van der Waals surface area contributed by atoms with E-state index < -0.39 is 0 Å². The highest BCUT2D eigenvalue weighted by Crippen LogP contribution is 2.16. The lowest BCUT2D eigenvalue weighted by molar-refractivity contribution is 0.204. The summed E-state index contributed by atoms with van der Waals surface area (Å²) in [6, 6.07) is 1.95. The van der Waals surface area contributed by atoms with Crippen LogP contribution >= 0.6 is 0 Å². The van der Waals surface area contributed by atoms with E-state index in [1.54, 1.807) is 13.3 Å². The molecule has 0 radical (unpaired) electrons. The molecule has 0 aliphatic rings. The topological polar surface area (TPSA) is 51.4 Å². The van der Waals surface area contributed by atoms with Crippen LogP contribution in [0.4, 0.5) is 11.4 Å². The lowest BCUT2D eigenvalue weighted by Crippen LogP contribution is -2.31. The molecule has 1 aromatic rings. The molecule has 0 unspecified atom stereocenters. The molecule has 90 valence electrons. The summed E-state index contributed by atoms with van der Waals surface area (Å²) in [6.07, 6.45) is 3.50. The number of nitrogens with two attached hydrogens (primary N) is 1. The fourth-order valence-electron chi connectivity index (χ4n) is 1.59. The Morgan fingerprint density at radius 3 is 2.75 bits per heavy atom. The SMILES string of the molecule is COCCN(CC(C)C)c1cncc(N)c1. The quantitative estimate of drug-likeness (QED) is 0.798. The third kappa shape index (κ3) is 4.06. The Labute approximate surface area is 97.4 Å². The van der Waals surface area contributed by atoms with Crippen molar-refractivity contribution in [2.24, 2.45) is 5.92 Å². The number of nitrogens with zero attached hydrogens (tertiary/aromatic N) is 2. The Morgan fingerprint density at radius 1 is 1.44 bits per heavy atom. The van der Waals surface area contributed by atoms with Gasteiger partial charge in [0.1, 0.15) is 0 Å². The lowest BCUT2D eigenvalue weighted by Gasteiger charge is -2.26. The summed E-state index contributed by atoms with van der Waals surface area (Å²) >= 11 is 0. The van der Waals surface area contributed by atoms with Crippen molar-refractivity contribution >= 4 is 11.4 Å². The third-order valence-corrected chi connectivity index (χ3v) is 2.26. The minimum atomic E-state index is 0.596. The molecule has 2 N–H and O–H groups in total. The summed E-state index contributed by atoms with van der Waals surface area (Å²) in [7, 11) is 1.71. The maximum atomic E-state index is 5.74. The Kier molecular flexibility index (Phi) is 5.05. The molecule has 0 aromatic carbocycles. The van der Waals surface area contributed by atoms with Gasteiger partial charge in [0.25, 0.3) is 0 Å². The van der Waals surface area contributed by atoms with Crippen LogP contribution < -0.4 is 10.6 Å². The highest BCUT2D eigenvalue weighted by molar-refractivity contribution is 5.53. The predicted octanol–water partition coefficient (Wildman–Crippen LogP) is 1.77. The first-order chi connectivity index (χ1) is 7.63. The predicted molar refractivity (Wildman–Crippen MR) is 67.6 cm³/mol. The number of ether oxygens (including phenoxy) is 1. The van der Waals surface area contributed by atoms with Gasteiger partial charge in [0.05, 0.1) is 24.2 Å². The Hall–Kier alpha value is -1.29. The fourth-order valence-corrected chi connectivity index (χ4v) is 1.59. The van der Waals surface area contributed by atoms with Gasteiger partial charge < -0.3 is 15.4 Å². The van der Waals surface area contributed by atoms with Gasteiger partial charge in [0, 0.05) is 26.4 Å². The third-order valence-electron chi connectivity index (χ3n) is 2.26. The molecule has 1 rings (SSSR count). The minimum absolute atomic E-state index is 0.596. The molecule has 4 nitrogen and oxygen atoms in total. The first kappa shape index (κ1) is 12.8. The summed E-state index contributed by atoms with van der Waals surface area (Å²) in [5.74, 6) is 0.596. The molecule has 0 fully saturated rings. The molecule has 0 atom stereocenters. The Bertz CT molecular complexity index is 315. The second-order valence-electron chi connectivity index (χ2n) is 4.31. The van der Waals surface area contributed by atoms with E-state index in [-0.39, 0.29) is 0 Å². The van der Waals surface area contributed by atoms with Crippen molar-refractivity contribution in [1.29, 1.82) is 0 Å². The van der Waals surface area contributed by atoms with Crippen LogP contribution in [0.15, 0.2) is 18.5 Å². The number of pyridine rings is 1. The average Bonchev–Trinajstić information content (AvgIpc) is 2.23. The molecule has 0 aliphatic carbocycles. The van der Waals surface area contributed by atoms with Crippen molar-refractivity contribution in [3.05, 3.63) is 18.5 Å². The normalized spacial score (nSPS) is 10.8. The second kappa shape index (κ2) is 6.33. The number of anilines is 2. The molecule has 0 aliphatic heterocycles. The van der Waals surface area contributed by atoms with Crippen LogP contribution in [0.3, 0.4) is 0 Å². The molecule has 0 amide bonds. The van der Waals surface area contributed by atoms with Gasteiger partial charge in [0.2, 0.25) is 0 Å². The van der Waals surface area contributed by atoms with Crippen molar-refractivity contribution in [3.8, 4) is 0 Å². The molecule has 0 bridgehead atoms. The minimum Gasteiger partial charge on any atom is -0.397 e. The molecule has 1 aromatic heterocycles. The highest BCUT2D eigenvalue weighted by atomic mass is 16.5. The van der Waals surface area contributed by atoms with Gasteiger partial charge in [-0.3, -0.25) is 4.98 Å². The van der Waals surface area contributed by atoms with Gasteiger partial charge in [-0.15, -0.1) is 0 Å². The summed E-state index contributed by atoms with van der Waals surface area (Å²) < 4.78 is 5.11. The summed E-state index contributed by atoms with van der Waals surface area (Å²) in [5, 5.41) is 0. The van der Waals surface area contributed by atoms with Crippen LogP contribution in [0.25, 0.3) is 0 Å². The van der Waals surface area contributed by atoms with Crippen molar-refractivity contribution in [2.75, 3.05) is 37.4 Å². The van der Waals surface area contributed by atoms with Crippen LogP contribution in [0, 0.1) is 5.92 Å². The van der Waals surface area contributed by atoms with Crippen LogP contribution in [0.2, 0.25) is 0 Å². The molecule has 4 heteroatoms. The molecule has 0 spiro atoms. The zero-order chi connectivity index (χ0) is 12.0. The standard InChI is InChI=1S/C12H21N3O/c1-10(2)9-15(4-5-16-3)12-6-11(13)7-14-8-12/h6-8,10H,4-5,9,13H2,1-3H3. The van der Waals surface area contributed by atoms with E-state index in [2.05, 4.69) is 23.7 Å². The summed E-state index contributed by atoms with van der Waals surface area (Å²) in [4.78, 5) is 6.36. The lowest BCUT2D eigenvalue weighted by atomic mass is 10.2. The molecule has 0 saturated carbocycles. The van der Waals surface area contributed by atoms with Crippen LogP contribution in [-0.2, 0) is 4.74 Å². The van der Waals surface area contributed by atoms with E-state index in [9.17, 15) is 0 Å². The molecular formula is C12H21N3O. The maximum Gasteiger partial charge on any atom is 0.0637 e. The second-order valence-corrected chi connectivity index (χ2v) is 4.31. The van der Waals surface area contributed by atoms with E-state index in [0.717, 1.165) is 18.8 Å². The maximum absolute atomic E-state index is 5.74. The van der Waals surface area contributed by atoms with Gasteiger partial charge in [-0.25, -0.2) is 0 Å².